The molecule has 0 atom stereocenters. The van der Waals surface area contributed by atoms with Crippen molar-refractivity contribution in [3.8, 4) is 11.5 Å². The topological polar surface area (TPSA) is 48.1 Å². The number of aryl methyl sites for hydroxylation is 2. The van der Waals surface area contributed by atoms with Gasteiger partial charge in [0.25, 0.3) is 0 Å². The lowest BCUT2D eigenvalue weighted by atomic mass is 10.1. The van der Waals surface area contributed by atoms with Crippen LogP contribution in [0.4, 0.5) is 4.39 Å². The van der Waals surface area contributed by atoms with Gasteiger partial charge in [0.1, 0.15) is 22.3 Å². The van der Waals surface area contributed by atoms with Gasteiger partial charge in [-0.05, 0) is 35.8 Å². The molecule has 0 radical (unpaired) electrons. The lowest BCUT2D eigenvalue weighted by molar-refractivity contribution is 0.471. The zero-order valence-electron chi connectivity index (χ0n) is 11.2. The van der Waals surface area contributed by atoms with E-state index in [0.717, 1.165) is 5.69 Å². The van der Waals surface area contributed by atoms with E-state index in [4.69, 9.17) is 34.3 Å². The highest BCUT2D eigenvalue weighted by Crippen LogP contribution is 2.35. The van der Waals surface area contributed by atoms with Crippen LogP contribution >= 0.6 is 39.7 Å². The molecule has 2 N–H and O–H groups in total. The standard InChI is InChI=1S/C14H11BrClFN2OS/c1-6-3-12(13(14(18)21)7(2)19-6)20-11-5-10(17)9(16)4-8(11)15/h3-5H,1-2H3,(H2,18,21). The van der Waals surface area contributed by atoms with Crippen LogP contribution in [0.25, 0.3) is 0 Å². The zero-order chi connectivity index (χ0) is 15.7. The van der Waals surface area contributed by atoms with E-state index in [1.165, 1.54) is 12.1 Å². The molecule has 1 heterocycles. The van der Waals surface area contributed by atoms with E-state index >= 15 is 0 Å². The van der Waals surface area contributed by atoms with Gasteiger partial charge >= 0.3 is 0 Å². The largest absolute Gasteiger partial charge is 0.455 e. The van der Waals surface area contributed by atoms with Crippen LogP contribution in [0.5, 0.6) is 11.5 Å². The summed E-state index contributed by atoms with van der Waals surface area (Å²) in [6.07, 6.45) is 0. The molecule has 0 bridgehead atoms. The molecule has 21 heavy (non-hydrogen) atoms. The van der Waals surface area contributed by atoms with Crippen molar-refractivity contribution in [3.63, 3.8) is 0 Å². The molecule has 2 aromatic rings. The van der Waals surface area contributed by atoms with Crippen molar-refractivity contribution in [2.45, 2.75) is 13.8 Å². The lowest BCUT2D eigenvalue weighted by Gasteiger charge is -2.14. The number of halogens is 3. The Morgan fingerprint density at radius 2 is 2.00 bits per heavy atom. The van der Waals surface area contributed by atoms with E-state index in [9.17, 15) is 4.39 Å². The smallest absolute Gasteiger partial charge is 0.145 e. The van der Waals surface area contributed by atoms with Gasteiger partial charge < -0.3 is 10.5 Å². The Labute approximate surface area is 140 Å². The van der Waals surface area contributed by atoms with E-state index in [0.29, 0.717) is 21.5 Å². The van der Waals surface area contributed by atoms with E-state index in [1.54, 1.807) is 13.0 Å². The third kappa shape index (κ3) is 3.51. The van der Waals surface area contributed by atoms with Gasteiger partial charge in [0.2, 0.25) is 0 Å². The van der Waals surface area contributed by atoms with Crippen LogP contribution in [0.15, 0.2) is 22.7 Å². The number of hydrogen-bond acceptors (Lipinski definition) is 3. The number of nitrogens with zero attached hydrogens (tertiary/aromatic N) is 1. The Hall–Kier alpha value is -1.24. The molecule has 0 saturated heterocycles. The first-order valence-electron chi connectivity index (χ1n) is 5.90. The monoisotopic (exact) mass is 388 g/mol. The summed E-state index contributed by atoms with van der Waals surface area (Å²) in [6, 6.07) is 4.31. The Morgan fingerprint density at radius 1 is 1.33 bits per heavy atom. The van der Waals surface area contributed by atoms with E-state index < -0.39 is 5.82 Å². The van der Waals surface area contributed by atoms with Gasteiger partial charge in [0.05, 0.1) is 20.8 Å². The highest BCUT2D eigenvalue weighted by atomic mass is 79.9. The number of ether oxygens (including phenoxy) is 1. The first-order valence-corrected chi connectivity index (χ1v) is 7.48. The number of nitrogens with two attached hydrogens (primary N) is 1. The minimum absolute atomic E-state index is 0.00545. The summed E-state index contributed by atoms with van der Waals surface area (Å²) in [6.45, 7) is 3.60. The molecule has 0 spiro atoms. The van der Waals surface area contributed by atoms with Crippen LogP contribution in [0.2, 0.25) is 5.02 Å². The molecular formula is C14H11BrClFN2OS. The quantitative estimate of drug-likeness (QED) is 0.611. The van der Waals surface area contributed by atoms with Crippen molar-refractivity contribution in [2.75, 3.05) is 0 Å². The van der Waals surface area contributed by atoms with Gasteiger partial charge in [-0.1, -0.05) is 23.8 Å². The Balaban J connectivity index is 2.54. The van der Waals surface area contributed by atoms with Crippen molar-refractivity contribution in [1.29, 1.82) is 0 Å². The van der Waals surface area contributed by atoms with Crippen molar-refractivity contribution < 1.29 is 9.13 Å². The lowest BCUT2D eigenvalue weighted by Crippen LogP contribution is -2.14. The minimum Gasteiger partial charge on any atom is -0.455 e. The summed E-state index contributed by atoms with van der Waals surface area (Å²) in [5.41, 5.74) is 7.64. The van der Waals surface area contributed by atoms with Gasteiger partial charge in [-0.3, -0.25) is 4.98 Å². The third-order valence-corrected chi connectivity index (χ3v) is 3.85. The second-order valence-corrected chi connectivity index (χ2v) is 6.09. The van der Waals surface area contributed by atoms with E-state index in [2.05, 4.69) is 20.9 Å². The fourth-order valence-corrected chi connectivity index (χ4v) is 2.84. The predicted molar refractivity (Wildman–Crippen MR) is 88.8 cm³/mol. The molecule has 3 nitrogen and oxygen atoms in total. The van der Waals surface area contributed by atoms with Gasteiger partial charge in [0.15, 0.2) is 0 Å². The fraction of sp³-hybridized carbons (Fsp3) is 0.143. The first kappa shape index (κ1) is 16.1. The van der Waals surface area contributed by atoms with Gasteiger partial charge in [-0.15, -0.1) is 0 Å². The molecule has 7 heteroatoms. The molecule has 1 aromatic carbocycles. The fourth-order valence-electron chi connectivity index (χ4n) is 1.87. The maximum Gasteiger partial charge on any atom is 0.145 e. The Bertz CT molecular complexity index is 739. The van der Waals surface area contributed by atoms with Gasteiger partial charge in [-0.25, -0.2) is 4.39 Å². The normalized spacial score (nSPS) is 10.5. The van der Waals surface area contributed by atoms with Crippen molar-refractivity contribution in [3.05, 3.63) is 50.5 Å². The van der Waals surface area contributed by atoms with Crippen LogP contribution in [-0.2, 0) is 0 Å². The zero-order valence-corrected chi connectivity index (χ0v) is 14.4. The predicted octanol–water partition coefficient (Wildman–Crippen LogP) is 4.68. The molecule has 0 aliphatic carbocycles. The molecule has 0 unspecified atom stereocenters. The summed E-state index contributed by atoms with van der Waals surface area (Å²) < 4.78 is 19.9. The summed E-state index contributed by atoms with van der Waals surface area (Å²) in [4.78, 5) is 4.46. The van der Waals surface area contributed by atoms with E-state index in [1.807, 2.05) is 6.92 Å². The number of benzene rings is 1. The van der Waals surface area contributed by atoms with Crippen molar-refractivity contribution in [2.24, 2.45) is 5.73 Å². The molecule has 0 saturated carbocycles. The van der Waals surface area contributed by atoms with Crippen molar-refractivity contribution >= 4 is 44.7 Å². The number of hydrogen-bond donors (Lipinski definition) is 1. The van der Waals surface area contributed by atoms with Crippen LogP contribution < -0.4 is 10.5 Å². The van der Waals surface area contributed by atoms with Crippen LogP contribution in [0, 0.1) is 19.7 Å². The molecular weight excluding hydrogens is 379 g/mol. The summed E-state index contributed by atoms with van der Waals surface area (Å²) in [7, 11) is 0. The van der Waals surface area contributed by atoms with Gasteiger partial charge in [0, 0.05) is 17.8 Å². The highest BCUT2D eigenvalue weighted by Gasteiger charge is 2.16. The average Bonchev–Trinajstić information content (AvgIpc) is 2.34. The first-order chi connectivity index (χ1) is 9.79. The third-order valence-electron chi connectivity index (χ3n) is 2.73. The Kier molecular flexibility index (Phi) is 4.81. The SMILES string of the molecule is Cc1cc(Oc2cc(F)c(Cl)cc2Br)c(C(N)=S)c(C)n1. The van der Waals surface area contributed by atoms with E-state index in [-0.39, 0.29) is 15.8 Å². The van der Waals surface area contributed by atoms with Gasteiger partial charge in [-0.2, -0.15) is 0 Å². The Morgan fingerprint density at radius 3 is 2.62 bits per heavy atom. The number of rotatable bonds is 3. The second kappa shape index (κ2) is 6.25. The molecule has 0 aliphatic heterocycles. The minimum atomic E-state index is -0.575. The second-order valence-electron chi connectivity index (χ2n) is 4.39. The maximum atomic E-state index is 13.6. The molecule has 0 fully saturated rings. The maximum absolute atomic E-state index is 13.6. The highest BCUT2D eigenvalue weighted by molar-refractivity contribution is 9.10. The van der Waals surface area contributed by atoms with Crippen LogP contribution in [-0.4, -0.2) is 9.97 Å². The van der Waals surface area contributed by atoms with Crippen molar-refractivity contribution in [1.82, 2.24) is 4.98 Å². The number of aromatic nitrogens is 1. The van der Waals surface area contributed by atoms with Crippen LogP contribution in [0.1, 0.15) is 17.0 Å². The molecule has 2 rings (SSSR count). The number of thiocarbonyl (C=S) groups is 1. The molecule has 0 amide bonds. The molecule has 110 valence electrons. The molecule has 0 aliphatic rings. The summed E-state index contributed by atoms with van der Waals surface area (Å²) in [5.74, 6) is 0.128. The van der Waals surface area contributed by atoms with Crippen LogP contribution in [0.3, 0.4) is 0 Å². The summed E-state index contributed by atoms with van der Waals surface area (Å²) in [5, 5.41) is 0.00545. The number of pyridine rings is 1. The average molecular weight is 390 g/mol. The summed E-state index contributed by atoms with van der Waals surface area (Å²) >= 11 is 14.0. The molecule has 1 aromatic heterocycles.